The Bertz CT molecular complexity index is 1620. The third-order valence-corrected chi connectivity index (χ3v) is 14.6. The predicted octanol–water partition coefficient (Wildman–Crippen LogP) is 23.1. The molecule has 0 bridgehead atoms. The van der Waals surface area contributed by atoms with Gasteiger partial charge in [0.05, 0.1) is 18.8 Å². The molecule has 450 valence electrons. The second-order valence-electron chi connectivity index (χ2n) is 22.2. The SMILES string of the molecule is CC/C=C\C/C=C\C/C=C\C/C=C\C/C=C\C/C=C\C/C=C\C/C=C\C/C=C\C/C=C\C/C=C\CCCCCC(=O)NC(CO)C(O)/C=C/CCCCCCCCCCCCCCCCCCCCCCCCCCCCCC. The van der Waals surface area contributed by atoms with Crippen molar-refractivity contribution in [3.8, 4) is 0 Å². The number of carbonyl (C=O) groups excluding carboxylic acids is 1. The van der Waals surface area contributed by atoms with Gasteiger partial charge in [0.2, 0.25) is 5.91 Å². The highest BCUT2D eigenvalue weighted by Crippen LogP contribution is 2.17. The molecule has 0 heterocycles. The molecule has 0 aliphatic rings. The number of aliphatic hydroxyl groups is 2. The molecule has 0 radical (unpaired) electrons. The molecule has 2 atom stereocenters. The molecule has 79 heavy (non-hydrogen) atoms. The zero-order chi connectivity index (χ0) is 56.9. The minimum atomic E-state index is -0.866. The van der Waals surface area contributed by atoms with Crippen LogP contribution in [-0.4, -0.2) is 34.9 Å². The van der Waals surface area contributed by atoms with E-state index >= 15 is 0 Å². The summed E-state index contributed by atoms with van der Waals surface area (Å²) in [5.41, 5.74) is 0. The molecular weight excluding hydrogens is 963 g/mol. The van der Waals surface area contributed by atoms with Crippen molar-refractivity contribution in [2.45, 2.75) is 315 Å². The van der Waals surface area contributed by atoms with Gasteiger partial charge >= 0.3 is 0 Å². The molecule has 0 aliphatic carbocycles. The maximum atomic E-state index is 12.5. The molecule has 0 saturated carbocycles. The largest absolute Gasteiger partial charge is 0.394 e. The maximum absolute atomic E-state index is 12.5. The van der Waals surface area contributed by atoms with E-state index in [1.807, 2.05) is 6.08 Å². The first kappa shape index (κ1) is 75.3. The van der Waals surface area contributed by atoms with Crippen LogP contribution in [-0.2, 0) is 4.79 Å². The van der Waals surface area contributed by atoms with Gasteiger partial charge in [-0.3, -0.25) is 4.79 Å². The van der Waals surface area contributed by atoms with E-state index in [1.54, 1.807) is 6.08 Å². The smallest absolute Gasteiger partial charge is 0.220 e. The van der Waals surface area contributed by atoms with E-state index in [2.05, 4.69) is 153 Å². The summed E-state index contributed by atoms with van der Waals surface area (Å²) >= 11 is 0. The van der Waals surface area contributed by atoms with Gasteiger partial charge in [0.15, 0.2) is 0 Å². The quantitative estimate of drug-likeness (QED) is 0.0420. The van der Waals surface area contributed by atoms with E-state index in [4.69, 9.17) is 0 Å². The summed E-state index contributed by atoms with van der Waals surface area (Å²) in [4.78, 5) is 12.5. The van der Waals surface area contributed by atoms with Gasteiger partial charge in [0.25, 0.3) is 0 Å². The standard InChI is InChI=1S/C75H127NO3/c1-3-5-7-9-11-13-15-17-19-21-23-25-27-29-31-33-35-36-37-38-39-40-41-43-45-47-49-51-53-55-57-59-61-63-65-67-69-71-75(79)76-73(72-77)74(78)70-68-66-64-62-60-58-56-54-52-50-48-46-44-42-34-32-30-28-26-24-22-20-18-16-14-12-10-8-6-4-2/h5,7,11,13,17,19,23,25,29,31,35-36,38-39,41,43,47,49,53,55,59,61,68,70,73-74,77-78H,3-4,6,8-10,12,14-16,18,20-22,24,26-28,30,32-34,37,40,42,44-46,48,50-52,54,56-58,60,62-67,69,71-72H2,1-2H3,(H,76,79)/b7-5-,13-11-,19-17-,25-23-,31-29-,36-35-,39-38-,43-41-,49-47-,55-53-,61-59-,70-68+. The number of rotatable bonds is 60. The number of amides is 1. The van der Waals surface area contributed by atoms with Gasteiger partial charge in [-0.2, -0.15) is 0 Å². The van der Waals surface area contributed by atoms with Crippen LogP contribution in [0, 0.1) is 0 Å². The molecule has 4 heteroatoms. The van der Waals surface area contributed by atoms with E-state index in [1.165, 1.54) is 173 Å². The van der Waals surface area contributed by atoms with Crippen molar-refractivity contribution >= 4 is 5.91 Å². The first-order chi connectivity index (χ1) is 39.2. The van der Waals surface area contributed by atoms with Gasteiger partial charge in [-0.25, -0.2) is 0 Å². The van der Waals surface area contributed by atoms with Gasteiger partial charge < -0.3 is 15.5 Å². The number of unbranched alkanes of at least 4 members (excludes halogenated alkanes) is 31. The molecule has 2 unspecified atom stereocenters. The summed E-state index contributed by atoms with van der Waals surface area (Å²) in [5.74, 6) is -0.0986. The maximum Gasteiger partial charge on any atom is 0.220 e. The Hall–Kier alpha value is -3.73. The van der Waals surface area contributed by atoms with Crippen LogP contribution in [0.15, 0.2) is 146 Å². The summed E-state index contributed by atoms with van der Waals surface area (Å²) in [6, 6.07) is -0.653. The van der Waals surface area contributed by atoms with E-state index in [0.717, 1.165) is 109 Å². The van der Waals surface area contributed by atoms with Crippen molar-refractivity contribution in [3.05, 3.63) is 146 Å². The van der Waals surface area contributed by atoms with Crippen LogP contribution in [0.3, 0.4) is 0 Å². The van der Waals surface area contributed by atoms with Crippen molar-refractivity contribution in [1.29, 1.82) is 0 Å². The van der Waals surface area contributed by atoms with Crippen LogP contribution in [0.4, 0.5) is 0 Å². The van der Waals surface area contributed by atoms with Gasteiger partial charge in [-0.1, -0.05) is 339 Å². The third kappa shape index (κ3) is 65.0. The number of allylic oxidation sites excluding steroid dienone is 23. The predicted molar refractivity (Wildman–Crippen MR) is 354 cm³/mol. The fraction of sp³-hybridized carbons (Fsp3) is 0.667. The van der Waals surface area contributed by atoms with Crippen LogP contribution >= 0.6 is 0 Å². The fourth-order valence-electron chi connectivity index (χ4n) is 9.54. The Kier molecular flexibility index (Phi) is 65.3. The molecule has 0 rings (SSSR count). The number of aliphatic hydroxyl groups excluding tert-OH is 2. The second-order valence-corrected chi connectivity index (χ2v) is 22.2. The molecular formula is C75H127NO3. The van der Waals surface area contributed by atoms with E-state index in [0.29, 0.717) is 6.42 Å². The first-order valence-electron chi connectivity index (χ1n) is 33.5. The lowest BCUT2D eigenvalue weighted by Crippen LogP contribution is -2.45. The monoisotopic (exact) mass is 1090 g/mol. The summed E-state index contributed by atoms with van der Waals surface area (Å²) in [7, 11) is 0. The molecule has 0 aliphatic heterocycles. The van der Waals surface area contributed by atoms with Crippen LogP contribution in [0.1, 0.15) is 303 Å². The van der Waals surface area contributed by atoms with E-state index < -0.39 is 12.1 Å². The Balaban J connectivity index is 3.63. The molecule has 1 amide bonds. The summed E-state index contributed by atoms with van der Waals surface area (Å²) in [5, 5.41) is 23.2. The average molecular weight is 1090 g/mol. The number of carbonyl (C=O) groups is 1. The normalized spacial score (nSPS) is 13.7. The summed E-state index contributed by atoms with van der Waals surface area (Å²) in [6.07, 6.45) is 108. The molecule has 4 nitrogen and oxygen atoms in total. The lowest BCUT2D eigenvalue weighted by molar-refractivity contribution is -0.123. The topological polar surface area (TPSA) is 69.6 Å². The lowest BCUT2D eigenvalue weighted by atomic mass is 10.0. The van der Waals surface area contributed by atoms with Crippen molar-refractivity contribution < 1.29 is 15.0 Å². The zero-order valence-electron chi connectivity index (χ0n) is 51.8. The van der Waals surface area contributed by atoms with Crippen LogP contribution in [0.5, 0.6) is 0 Å². The molecule has 0 saturated heterocycles. The van der Waals surface area contributed by atoms with Crippen molar-refractivity contribution in [3.63, 3.8) is 0 Å². The van der Waals surface area contributed by atoms with Crippen molar-refractivity contribution in [2.75, 3.05) is 6.61 Å². The minimum absolute atomic E-state index is 0.0986. The van der Waals surface area contributed by atoms with Crippen LogP contribution < -0.4 is 5.32 Å². The Morgan fingerprint density at radius 1 is 0.316 bits per heavy atom. The Morgan fingerprint density at radius 3 is 0.835 bits per heavy atom. The van der Waals surface area contributed by atoms with Gasteiger partial charge in [0, 0.05) is 6.42 Å². The zero-order valence-corrected chi connectivity index (χ0v) is 51.8. The minimum Gasteiger partial charge on any atom is -0.394 e. The van der Waals surface area contributed by atoms with Crippen molar-refractivity contribution in [2.24, 2.45) is 0 Å². The van der Waals surface area contributed by atoms with Gasteiger partial charge in [-0.15, -0.1) is 0 Å². The summed E-state index contributed by atoms with van der Waals surface area (Å²) < 4.78 is 0. The lowest BCUT2D eigenvalue weighted by Gasteiger charge is -2.19. The number of hydrogen-bond donors (Lipinski definition) is 3. The third-order valence-electron chi connectivity index (χ3n) is 14.6. The summed E-state index contributed by atoms with van der Waals surface area (Å²) in [6.45, 7) is 4.20. The van der Waals surface area contributed by atoms with Crippen LogP contribution in [0.25, 0.3) is 0 Å². The number of nitrogens with one attached hydrogen (secondary N) is 1. The molecule has 0 aromatic rings. The molecule has 0 fully saturated rings. The highest BCUT2D eigenvalue weighted by molar-refractivity contribution is 5.76. The number of hydrogen-bond acceptors (Lipinski definition) is 3. The van der Waals surface area contributed by atoms with Gasteiger partial charge in [-0.05, 0) is 103 Å². The highest BCUT2D eigenvalue weighted by Gasteiger charge is 2.18. The molecule has 0 aromatic carbocycles. The highest BCUT2D eigenvalue weighted by atomic mass is 16.3. The Labute approximate surface area is 491 Å². The molecule has 3 N–H and O–H groups in total. The van der Waals surface area contributed by atoms with E-state index in [9.17, 15) is 15.0 Å². The molecule has 0 spiro atoms. The molecule has 0 aromatic heterocycles. The fourth-order valence-corrected chi connectivity index (χ4v) is 9.54. The second kappa shape index (κ2) is 68.5. The average Bonchev–Trinajstić information content (AvgIpc) is 3.45. The van der Waals surface area contributed by atoms with E-state index in [-0.39, 0.29) is 12.5 Å². The first-order valence-corrected chi connectivity index (χ1v) is 33.5. The van der Waals surface area contributed by atoms with Crippen LogP contribution in [0.2, 0.25) is 0 Å². The van der Waals surface area contributed by atoms with Crippen molar-refractivity contribution in [1.82, 2.24) is 5.32 Å². The Morgan fingerprint density at radius 2 is 0.557 bits per heavy atom. The van der Waals surface area contributed by atoms with Gasteiger partial charge in [0.1, 0.15) is 0 Å².